The van der Waals surface area contributed by atoms with E-state index in [1.807, 2.05) is 0 Å². The van der Waals surface area contributed by atoms with Crippen LogP contribution in [0.5, 0.6) is 5.75 Å². The van der Waals surface area contributed by atoms with Crippen molar-refractivity contribution in [3.8, 4) is 5.75 Å². The SMILES string of the molecule is O=C(Nc1ccc(F)cc1)c1csc(COc2ccccc2F)n1. The molecule has 1 N–H and O–H groups in total. The lowest BCUT2D eigenvalue weighted by Crippen LogP contribution is -2.12. The normalized spacial score (nSPS) is 10.4. The zero-order valence-corrected chi connectivity index (χ0v) is 13.1. The number of benzene rings is 2. The Labute approximate surface area is 140 Å². The number of para-hydroxylation sites is 1. The maximum Gasteiger partial charge on any atom is 0.275 e. The molecule has 0 fully saturated rings. The fourth-order valence-corrected chi connectivity index (χ4v) is 2.60. The Balaban J connectivity index is 1.61. The smallest absolute Gasteiger partial charge is 0.275 e. The first-order valence-electron chi connectivity index (χ1n) is 7.00. The van der Waals surface area contributed by atoms with Gasteiger partial charge in [-0.3, -0.25) is 4.79 Å². The molecule has 24 heavy (non-hydrogen) atoms. The number of halogens is 2. The van der Waals surface area contributed by atoms with Gasteiger partial charge < -0.3 is 10.1 Å². The van der Waals surface area contributed by atoms with Crippen LogP contribution in [-0.4, -0.2) is 10.9 Å². The van der Waals surface area contributed by atoms with Gasteiger partial charge in [-0.25, -0.2) is 13.8 Å². The van der Waals surface area contributed by atoms with Crippen LogP contribution in [0.25, 0.3) is 0 Å². The van der Waals surface area contributed by atoms with E-state index in [9.17, 15) is 13.6 Å². The van der Waals surface area contributed by atoms with Crippen molar-refractivity contribution in [1.82, 2.24) is 4.98 Å². The van der Waals surface area contributed by atoms with E-state index < -0.39 is 11.7 Å². The van der Waals surface area contributed by atoms with Crippen molar-refractivity contribution in [1.29, 1.82) is 0 Å². The number of aromatic nitrogens is 1. The van der Waals surface area contributed by atoms with Crippen LogP contribution in [0.1, 0.15) is 15.5 Å². The molecule has 0 bridgehead atoms. The minimum atomic E-state index is -0.455. The van der Waals surface area contributed by atoms with Crippen molar-refractivity contribution in [2.45, 2.75) is 6.61 Å². The van der Waals surface area contributed by atoms with Crippen LogP contribution in [0.4, 0.5) is 14.5 Å². The van der Waals surface area contributed by atoms with Gasteiger partial charge in [-0.15, -0.1) is 11.3 Å². The number of rotatable bonds is 5. The summed E-state index contributed by atoms with van der Waals surface area (Å²) in [5.41, 5.74) is 0.690. The summed E-state index contributed by atoms with van der Waals surface area (Å²) in [6.45, 7) is 0.0649. The molecule has 0 aliphatic rings. The van der Waals surface area contributed by atoms with Crippen LogP contribution < -0.4 is 10.1 Å². The van der Waals surface area contributed by atoms with E-state index in [1.54, 1.807) is 17.5 Å². The molecule has 0 aliphatic carbocycles. The highest BCUT2D eigenvalue weighted by molar-refractivity contribution is 7.09. The van der Waals surface area contributed by atoms with Gasteiger partial charge in [0.1, 0.15) is 23.1 Å². The molecule has 0 aliphatic heterocycles. The highest BCUT2D eigenvalue weighted by Crippen LogP contribution is 2.19. The lowest BCUT2D eigenvalue weighted by atomic mass is 10.3. The van der Waals surface area contributed by atoms with E-state index in [0.717, 1.165) is 0 Å². The molecule has 0 spiro atoms. The summed E-state index contributed by atoms with van der Waals surface area (Å²) < 4.78 is 31.7. The molecule has 0 saturated carbocycles. The van der Waals surface area contributed by atoms with Crippen LogP contribution in [0, 0.1) is 11.6 Å². The van der Waals surface area contributed by atoms with Crippen molar-refractivity contribution in [3.63, 3.8) is 0 Å². The average Bonchev–Trinajstić information content (AvgIpc) is 3.05. The van der Waals surface area contributed by atoms with E-state index in [1.165, 1.54) is 47.7 Å². The third-order valence-electron chi connectivity index (χ3n) is 3.07. The number of nitrogens with zero attached hydrogens (tertiary/aromatic N) is 1. The van der Waals surface area contributed by atoms with Gasteiger partial charge in [-0.1, -0.05) is 12.1 Å². The number of hydrogen-bond acceptors (Lipinski definition) is 4. The maximum absolute atomic E-state index is 13.5. The Kier molecular flexibility index (Phi) is 4.81. The number of anilines is 1. The molecular weight excluding hydrogens is 334 g/mol. The third kappa shape index (κ3) is 3.94. The predicted molar refractivity (Wildman–Crippen MR) is 87.2 cm³/mol. The number of hydrogen-bond donors (Lipinski definition) is 1. The van der Waals surface area contributed by atoms with Crippen LogP contribution in [-0.2, 0) is 6.61 Å². The Hall–Kier alpha value is -2.80. The zero-order valence-electron chi connectivity index (χ0n) is 12.3. The van der Waals surface area contributed by atoms with Gasteiger partial charge >= 0.3 is 0 Å². The highest BCUT2D eigenvalue weighted by atomic mass is 32.1. The molecule has 2 aromatic carbocycles. The van der Waals surface area contributed by atoms with Gasteiger partial charge in [0.25, 0.3) is 5.91 Å². The van der Waals surface area contributed by atoms with E-state index >= 15 is 0 Å². The van der Waals surface area contributed by atoms with Gasteiger partial charge in [0, 0.05) is 11.1 Å². The van der Waals surface area contributed by atoms with Gasteiger partial charge in [0.05, 0.1) is 0 Å². The number of nitrogens with one attached hydrogen (secondary N) is 1. The van der Waals surface area contributed by atoms with Crippen molar-refractivity contribution in [3.05, 3.63) is 76.2 Å². The second-order valence-electron chi connectivity index (χ2n) is 4.81. The van der Waals surface area contributed by atoms with E-state index in [-0.39, 0.29) is 23.9 Å². The summed E-state index contributed by atoms with van der Waals surface area (Å²) >= 11 is 1.24. The summed E-state index contributed by atoms with van der Waals surface area (Å²) in [6.07, 6.45) is 0. The van der Waals surface area contributed by atoms with Crippen LogP contribution >= 0.6 is 11.3 Å². The molecule has 4 nitrogen and oxygen atoms in total. The second-order valence-corrected chi connectivity index (χ2v) is 5.75. The molecule has 3 rings (SSSR count). The predicted octanol–water partition coefficient (Wildman–Crippen LogP) is 4.25. The van der Waals surface area contributed by atoms with Gasteiger partial charge in [0.15, 0.2) is 11.6 Å². The standard InChI is InChI=1S/C17H12F2N2O2S/c18-11-5-7-12(8-6-11)20-17(22)14-10-24-16(21-14)9-23-15-4-2-1-3-13(15)19/h1-8,10H,9H2,(H,20,22). The van der Waals surface area contributed by atoms with Gasteiger partial charge in [-0.05, 0) is 36.4 Å². The summed E-state index contributed by atoms with van der Waals surface area (Å²) in [5.74, 6) is -1.11. The molecule has 1 amide bonds. The number of carbonyl (C=O) groups is 1. The average molecular weight is 346 g/mol. The fourth-order valence-electron chi connectivity index (χ4n) is 1.91. The Morgan fingerprint density at radius 3 is 2.62 bits per heavy atom. The molecule has 122 valence electrons. The quantitative estimate of drug-likeness (QED) is 0.751. The van der Waals surface area contributed by atoms with Crippen LogP contribution in [0.15, 0.2) is 53.9 Å². The van der Waals surface area contributed by atoms with E-state index in [4.69, 9.17) is 4.74 Å². The summed E-state index contributed by atoms with van der Waals surface area (Å²) in [5, 5.41) is 4.75. The first kappa shape index (κ1) is 16.1. The molecule has 0 unspecified atom stereocenters. The van der Waals surface area contributed by atoms with Crippen LogP contribution in [0.3, 0.4) is 0 Å². The minimum Gasteiger partial charge on any atom is -0.483 e. The largest absolute Gasteiger partial charge is 0.483 e. The summed E-state index contributed by atoms with van der Waals surface area (Å²) in [6, 6.07) is 11.5. The van der Waals surface area contributed by atoms with Crippen molar-refractivity contribution in [2.75, 3.05) is 5.32 Å². The topological polar surface area (TPSA) is 51.2 Å². The molecule has 0 atom stereocenters. The van der Waals surface area contributed by atoms with Crippen LogP contribution in [0.2, 0.25) is 0 Å². The maximum atomic E-state index is 13.5. The number of amides is 1. The fraction of sp³-hybridized carbons (Fsp3) is 0.0588. The van der Waals surface area contributed by atoms with Gasteiger partial charge in [-0.2, -0.15) is 0 Å². The van der Waals surface area contributed by atoms with Crippen molar-refractivity contribution >= 4 is 22.9 Å². The third-order valence-corrected chi connectivity index (χ3v) is 3.90. The van der Waals surface area contributed by atoms with E-state index in [0.29, 0.717) is 10.7 Å². The lowest BCUT2D eigenvalue weighted by Gasteiger charge is -2.04. The lowest BCUT2D eigenvalue weighted by molar-refractivity contribution is 0.102. The summed E-state index contributed by atoms with van der Waals surface area (Å²) in [7, 11) is 0. The first-order chi connectivity index (χ1) is 11.6. The Morgan fingerprint density at radius 2 is 1.88 bits per heavy atom. The number of ether oxygens (including phenoxy) is 1. The van der Waals surface area contributed by atoms with Crippen molar-refractivity contribution < 1.29 is 18.3 Å². The number of carbonyl (C=O) groups excluding carboxylic acids is 1. The van der Waals surface area contributed by atoms with E-state index in [2.05, 4.69) is 10.3 Å². The molecule has 1 heterocycles. The molecule has 7 heteroatoms. The Morgan fingerprint density at radius 1 is 1.12 bits per heavy atom. The van der Waals surface area contributed by atoms with Gasteiger partial charge in [0.2, 0.25) is 0 Å². The zero-order chi connectivity index (χ0) is 16.9. The molecule has 0 radical (unpaired) electrons. The molecular formula is C17H12F2N2O2S. The monoisotopic (exact) mass is 346 g/mol. The minimum absolute atomic E-state index is 0.0649. The first-order valence-corrected chi connectivity index (χ1v) is 7.88. The molecule has 1 aromatic heterocycles. The highest BCUT2D eigenvalue weighted by Gasteiger charge is 2.12. The number of thiazole rings is 1. The molecule has 3 aromatic rings. The van der Waals surface area contributed by atoms with Crippen molar-refractivity contribution in [2.24, 2.45) is 0 Å². The second kappa shape index (κ2) is 7.18. The molecule has 0 saturated heterocycles. The summed E-state index contributed by atoms with van der Waals surface area (Å²) in [4.78, 5) is 16.2. The Bertz CT molecular complexity index is 850.